The van der Waals surface area contributed by atoms with Crippen LogP contribution in [0.5, 0.6) is 0 Å². The fraction of sp³-hybridized carbons (Fsp3) is 0.385. The topological polar surface area (TPSA) is 48.2 Å². The fourth-order valence-electron chi connectivity index (χ4n) is 1.68. The lowest BCUT2D eigenvalue weighted by Crippen LogP contribution is -2.14. The minimum Gasteiger partial charge on any atom is -0.281 e. The van der Waals surface area contributed by atoms with E-state index in [-0.39, 0.29) is 6.04 Å². The highest BCUT2D eigenvalue weighted by molar-refractivity contribution is 5.81. The van der Waals surface area contributed by atoms with E-state index in [1.807, 2.05) is 13.1 Å². The molecule has 0 heterocycles. The van der Waals surface area contributed by atoms with Gasteiger partial charge in [0.2, 0.25) is 0 Å². The molecule has 0 fully saturated rings. The summed E-state index contributed by atoms with van der Waals surface area (Å²) in [6.07, 6.45) is 1.87. The Morgan fingerprint density at radius 1 is 1.44 bits per heavy atom. The molecule has 1 rings (SSSR count). The Morgan fingerprint density at radius 2 is 2.12 bits per heavy atom. The van der Waals surface area contributed by atoms with E-state index in [1.54, 1.807) is 6.92 Å². The van der Waals surface area contributed by atoms with E-state index < -0.39 is 0 Å². The van der Waals surface area contributed by atoms with E-state index in [2.05, 4.69) is 42.4 Å². The van der Waals surface area contributed by atoms with Crippen molar-refractivity contribution in [2.45, 2.75) is 33.7 Å². The number of nitrogens with one attached hydrogen (secondary N) is 1. The molecule has 0 saturated carbocycles. The average Bonchev–Trinajstić information content (AvgIpc) is 2.21. The fourth-order valence-corrected chi connectivity index (χ4v) is 1.68. The first-order valence-electron chi connectivity index (χ1n) is 5.31. The molecule has 84 valence electrons. The molecule has 1 aromatic rings. The van der Waals surface area contributed by atoms with Gasteiger partial charge >= 0.3 is 0 Å². The van der Waals surface area contributed by atoms with E-state index in [4.69, 9.17) is 5.26 Å². The Bertz CT molecular complexity index is 441. The molecule has 0 saturated heterocycles. The number of aryl methyl sites for hydroxylation is 2. The molecule has 0 aromatic heterocycles. The van der Waals surface area contributed by atoms with Gasteiger partial charge in [-0.15, -0.1) is 0 Å². The molecule has 0 unspecified atom stereocenters. The molecule has 3 nitrogen and oxygen atoms in total. The van der Waals surface area contributed by atoms with Crippen LogP contribution < -0.4 is 5.32 Å². The lowest BCUT2D eigenvalue weighted by atomic mass is 10.0. The van der Waals surface area contributed by atoms with E-state index in [1.165, 1.54) is 16.7 Å². The van der Waals surface area contributed by atoms with Gasteiger partial charge < -0.3 is 0 Å². The zero-order valence-electron chi connectivity index (χ0n) is 10.2. The summed E-state index contributed by atoms with van der Waals surface area (Å²) in [5, 5.41) is 11.0. The van der Waals surface area contributed by atoms with Gasteiger partial charge in [0.25, 0.3) is 0 Å². The predicted molar refractivity (Wildman–Crippen MR) is 66.2 cm³/mol. The second kappa shape index (κ2) is 5.32. The van der Waals surface area contributed by atoms with Crippen molar-refractivity contribution in [2.24, 2.45) is 4.99 Å². The lowest BCUT2D eigenvalue weighted by Gasteiger charge is -2.12. The van der Waals surface area contributed by atoms with Crippen LogP contribution in [0.3, 0.4) is 0 Å². The van der Waals surface area contributed by atoms with Gasteiger partial charge in [-0.05, 0) is 38.8 Å². The highest BCUT2D eigenvalue weighted by Gasteiger charge is 2.07. The number of aliphatic imine (C=N–C) groups is 1. The first-order chi connectivity index (χ1) is 7.54. The van der Waals surface area contributed by atoms with Crippen LogP contribution in [0, 0.1) is 25.3 Å². The van der Waals surface area contributed by atoms with Crippen molar-refractivity contribution in [1.82, 2.24) is 5.32 Å². The molecule has 1 aromatic carbocycles. The van der Waals surface area contributed by atoms with Crippen molar-refractivity contribution >= 4 is 5.84 Å². The first-order valence-corrected chi connectivity index (χ1v) is 5.31. The van der Waals surface area contributed by atoms with Gasteiger partial charge in [0.1, 0.15) is 5.84 Å². The Kier molecular flexibility index (Phi) is 4.07. The summed E-state index contributed by atoms with van der Waals surface area (Å²) in [7, 11) is 0. The number of benzene rings is 1. The van der Waals surface area contributed by atoms with Crippen LogP contribution in [0.1, 0.15) is 36.6 Å². The van der Waals surface area contributed by atoms with Gasteiger partial charge in [-0.2, -0.15) is 5.26 Å². The molecule has 0 aliphatic heterocycles. The monoisotopic (exact) mass is 215 g/mol. The maximum absolute atomic E-state index is 8.48. The molecular weight excluding hydrogens is 198 g/mol. The molecule has 0 bridgehead atoms. The summed E-state index contributed by atoms with van der Waals surface area (Å²) >= 11 is 0. The summed E-state index contributed by atoms with van der Waals surface area (Å²) < 4.78 is 0. The normalized spacial score (nSPS) is 13.1. The predicted octanol–water partition coefficient (Wildman–Crippen LogP) is 2.85. The zero-order valence-corrected chi connectivity index (χ0v) is 10.2. The number of nitrogens with zero attached hydrogens (tertiary/aromatic N) is 2. The van der Waals surface area contributed by atoms with E-state index in [0.717, 1.165) is 0 Å². The smallest absolute Gasteiger partial charge is 0.182 e. The van der Waals surface area contributed by atoms with Gasteiger partial charge in [-0.3, -0.25) is 10.3 Å². The van der Waals surface area contributed by atoms with Gasteiger partial charge in [0.15, 0.2) is 6.19 Å². The SMILES string of the molecule is CC(=N[C@H](C)c1cc(C)ccc1C)NC#N. The molecule has 0 spiro atoms. The van der Waals surface area contributed by atoms with E-state index >= 15 is 0 Å². The van der Waals surface area contributed by atoms with Crippen LogP contribution in [0.15, 0.2) is 23.2 Å². The third kappa shape index (κ3) is 3.09. The van der Waals surface area contributed by atoms with Crippen LogP contribution in [0.2, 0.25) is 0 Å². The summed E-state index contributed by atoms with van der Waals surface area (Å²) in [5.74, 6) is 0.649. The molecule has 0 radical (unpaired) electrons. The zero-order chi connectivity index (χ0) is 12.1. The summed E-state index contributed by atoms with van der Waals surface area (Å²) in [6, 6.07) is 6.41. The molecule has 1 atom stereocenters. The first kappa shape index (κ1) is 12.3. The Labute approximate surface area is 96.8 Å². The highest BCUT2D eigenvalue weighted by Crippen LogP contribution is 2.21. The number of amidine groups is 1. The van der Waals surface area contributed by atoms with Gasteiger partial charge in [0.05, 0.1) is 6.04 Å². The second-order valence-corrected chi connectivity index (χ2v) is 3.99. The van der Waals surface area contributed by atoms with E-state index in [9.17, 15) is 0 Å². The Morgan fingerprint density at radius 3 is 2.75 bits per heavy atom. The molecule has 0 amide bonds. The third-order valence-corrected chi connectivity index (χ3v) is 2.51. The number of nitriles is 1. The summed E-state index contributed by atoms with van der Waals surface area (Å²) in [6.45, 7) is 7.97. The Balaban J connectivity index is 2.97. The van der Waals surface area contributed by atoms with Gasteiger partial charge in [0, 0.05) is 0 Å². The van der Waals surface area contributed by atoms with Crippen LogP contribution in [0.25, 0.3) is 0 Å². The summed E-state index contributed by atoms with van der Waals surface area (Å²) in [4.78, 5) is 4.42. The van der Waals surface area contributed by atoms with Crippen LogP contribution >= 0.6 is 0 Å². The van der Waals surface area contributed by atoms with Crippen LogP contribution in [-0.4, -0.2) is 5.84 Å². The molecule has 0 aliphatic rings. The minimum atomic E-state index is 0.0701. The summed E-state index contributed by atoms with van der Waals surface area (Å²) in [5.41, 5.74) is 3.67. The number of rotatable bonds is 2. The van der Waals surface area contributed by atoms with Crippen molar-refractivity contribution in [2.75, 3.05) is 0 Å². The number of hydrogen-bond donors (Lipinski definition) is 1. The van der Waals surface area contributed by atoms with E-state index in [0.29, 0.717) is 5.84 Å². The standard InChI is InChI=1S/C13H17N3/c1-9-5-6-10(2)13(7-9)11(3)16-12(4)15-8-14/h5-7,11H,1-4H3,(H,15,16)/t11-/m1/s1. The molecule has 3 heteroatoms. The average molecular weight is 215 g/mol. The van der Waals surface area contributed by atoms with Crippen LogP contribution in [0.4, 0.5) is 0 Å². The maximum Gasteiger partial charge on any atom is 0.182 e. The second-order valence-electron chi connectivity index (χ2n) is 3.99. The molecular formula is C13H17N3. The van der Waals surface area contributed by atoms with Gasteiger partial charge in [-0.25, -0.2) is 0 Å². The van der Waals surface area contributed by atoms with Crippen LogP contribution in [-0.2, 0) is 0 Å². The van der Waals surface area contributed by atoms with Crippen molar-refractivity contribution in [1.29, 1.82) is 5.26 Å². The molecule has 1 N–H and O–H groups in total. The lowest BCUT2D eigenvalue weighted by molar-refractivity contribution is 0.803. The van der Waals surface area contributed by atoms with Crippen molar-refractivity contribution in [3.63, 3.8) is 0 Å². The van der Waals surface area contributed by atoms with Gasteiger partial charge in [-0.1, -0.05) is 23.8 Å². The maximum atomic E-state index is 8.48. The molecule has 0 aliphatic carbocycles. The minimum absolute atomic E-state index is 0.0701. The quantitative estimate of drug-likeness (QED) is 0.357. The van der Waals surface area contributed by atoms with Crippen molar-refractivity contribution in [3.05, 3.63) is 34.9 Å². The van der Waals surface area contributed by atoms with Crippen molar-refractivity contribution in [3.8, 4) is 6.19 Å². The largest absolute Gasteiger partial charge is 0.281 e. The number of hydrogen-bond acceptors (Lipinski definition) is 2. The molecule has 16 heavy (non-hydrogen) atoms. The third-order valence-electron chi connectivity index (χ3n) is 2.51. The van der Waals surface area contributed by atoms with Crippen molar-refractivity contribution < 1.29 is 0 Å². The Hall–Kier alpha value is -1.82. The highest BCUT2D eigenvalue weighted by atomic mass is 15.0.